The lowest BCUT2D eigenvalue weighted by Gasteiger charge is -2.32. The molecule has 0 heterocycles. The smallest absolute Gasteiger partial charge is 0.374 e. The molecule has 3 N–H and O–H groups in total. The lowest BCUT2D eigenvalue weighted by Crippen LogP contribution is -2.53. The maximum Gasteiger partial charge on any atom is 0.502 e. The van der Waals surface area contributed by atoms with Crippen molar-refractivity contribution in [2.75, 3.05) is 19.8 Å². The molecule has 0 aromatic heterocycles. The van der Waals surface area contributed by atoms with Crippen LogP contribution in [0.1, 0.15) is 41.0 Å². The number of nitrogens with one attached hydrogen (secondary N) is 1. The lowest BCUT2D eigenvalue weighted by atomic mass is 10.2. The van der Waals surface area contributed by atoms with Crippen LogP contribution in [0.15, 0.2) is 0 Å². The molecule has 0 saturated heterocycles. The van der Waals surface area contributed by atoms with E-state index in [1.807, 2.05) is 27.7 Å². The second kappa shape index (κ2) is 9.88. The molecule has 6 heteroatoms. The summed E-state index contributed by atoms with van der Waals surface area (Å²) in [6.07, 6.45) is 0.940. The van der Waals surface area contributed by atoms with Gasteiger partial charge in [0.25, 0.3) is 0 Å². The summed E-state index contributed by atoms with van der Waals surface area (Å²) in [7, 11) is -2.56. The van der Waals surface area contributed by atoms with Crippen LogP contribution in [-0.2, 0) is 13.3 Å². The third kappa shape index (κ3) is 6.82. The standard InChI is InChI=1S/C12H30N2O3Si/c1-6-12(14-11(5)13)10-18(15-7-2,16-8-3)17-9-4/h11-12,14H,6-10,13H2,1-5H3. The molecule has 0 bridgehead atoms. The van der Waals surface area contributed by atoms with E-state index in [0.29, 0.717) is 19.8 Å². The maximum atomic E-state index is 5.84. The van der Waals surface area contributed by atoms with Crippen molar-refractivity contribution in [3.05, 3.63) is 0 Å². The van der Waals surface area contributed by atoms with Gasteiger partial charge in [0.15, 0.2) is 0 Å². The average Bonchev–Trinajstić information content (AvgIpc) is 2.28. The zero-order valence-corrected chi connectivity index (χ0v) is 13.5. The fourth-order valence-electron chi connectivity index (χ4n) is 1.96. The third-order valence-corrected chi connectivity index (χ3v) is 5.76. The fraction of sp³-hybridized carbons (Fsp3) is 1.00. The SMILES string of the molecule is CCO[Si](CC(CC)NC(C)N)(OCC)OCC. The summed E-state index contributed by atoms with van der Waals surface area (Å²) in [6, 6.07) is 1.03. The monoisotopic (exact) mass is 278 g/mol. The summed E-state index contributed by atoms with van der Waals surface area (Å²) in [5.74, 6) is 0. The van der Waals surface area contributed by atoms with E-state index in [4.69, 9.17) is 19.0 Å². The van der Waals surface area contributed by atoms with Gasteiger partial charge in [0.1, 0.15) is 0 Å². The van der Waals surface area contributed by atoms with Crippen LogP contribution in [0.25, 0.3) is 0 Å². The minimum Gasteiger partial charge on any atom is -0.374 e. The largest absolute Gasteiger partial charge is 0.502 e. The van der Waals surface area contributed by atoms with Gasteiger partial charge in [-0.25, -0.2) is 0 Å². The molecule has 0 aromatic rings. The second-order valence-electron chi connectivity index (χ2n) is 4.25. The minimum atomic E-state index is -2.56. The Morgan fingerprint density at radius 3 is 1.72 bits per heavy atom. The van der Waals surface area contributed by atoms with Crippen LogP contribution in [0, 0.1) is 0 Å². The highest BCUT2D eigenvalue weighted by Gasteiger charge is 2.42. The van der Waals surface area contributed by atoms with Crippen molar-refractivity contribution >= 4 is 8.80 Å². The van der Waals surface area contributed by atoms with E-state index in [1.165, 1.54) is 0 Å². The highest BCUT2D eigenvalue weighted by Crippen LogP contribution is 2.19. The van der Waals surface area contributed by atoms with Crippen molar-refractivity contribution in [2.24, 2.45) is 5.73 Å². The fourth-order valence-corrected chi connectivity index (χ4v) is 4.89. The molecule has 5 nitrogen and oxygen atoms in total. The van der Waals surface area contributed by atoms with Crippen LogP contribution < -0.4 is 11.1 Å². The Balaban J connectivity index is 4.69. The van der Waals surface area contributed by atoms with Crippen LogP contribution in [0.2, 0.25) is 6.04 Å². The van der Waals surface area contributed by atoms with Crippen LogP contribution in [-0.4, -0.2) is 40.8 Å². The van der Waals surface area contributed by atoms with Gasteiger partial charge in [0.2, 0.25) is 0 Å². The molecule has 2 unspecified atom stereocenters. The summed E-state index contributed by atoms with van der Waals surface area (Å²) in [4.78, 5) is 0. The van der Waals surface area contributed by atoms with Crippen molar-refractivity contribution in [3.63, 3.8) is 0 Å². The van der Waals surface area contributed by atoms with E-state index in [-0.39, 0.29) is 12.2 Å². The van der Waals surface area contributed by atoms with Gasteiger partial charge in [0, 0.05) is 31.9 Å². The van der Waals surface area contributed by atoms with E-state index in [0.717, 1.165) is 12.5 Å². The topological polar surface area (TPSA) is 65.7 Å². The molecule has 0 aliphatic carbocycles. The van der Waals surface area contributed by atoms with Gasteiger partial charge >= 0.3 is 8.80 Å². The Morgan fingerprint density at radius 2 is 1.44 bits per heavy atom. The van der Waals surface area contributed by atoms with Crippen molar-refractivity contribution < 1.29 is 13.3 Å². The number of nitrogens with two attached hydrogens (primary N) is 1. The first-order chi connectivity index (χ1) is 8.53. The van der Waals surface area contributed by atoms with E-state index < -0.39 is 8.80 Å². The van der Waals surface area contributed by atoms with E-state index in [9.17, 15) is 0 Å². The summed E-state index contributed by atoms with van der Waals surface area (Å²) in [5.41, 5.74) is 5.79. The van der Waals surface area contributed by atoms with E-state index in [1.54, 1.807) is 0 Å². The predicted molar refractivity (Wildman–Crippen MR) is 76.3 cm³/mol. The predicted octanol–water partition coefficient (Wildman–Crippen LogP) is 1.71. The molecular weight excluding hydrogens is 248 g/mol. The van der Waals surface area contributed by atoms with Crippen LogP contribution >= 0.6 is 0 Å². The number of hydrogen-bond acceptors (Lipinski definition) is 5. The molecule has 0 fully saturated rings. The van der Waals surface area contributed by atoms with Crippen molar-refractivity contribution in [2.45, 2.75) is 59.3 Å². The summed E-state index contributed by atoms with van der Waals surface area (Å²) >= 11 is 0. The van der Waals surface area contributed by atoms with Gasteiger partial charge in [-0.3, -0.25) is 5.32 Å². The molecule has 0 spiro atoms. The Labute approximate surface area is 113 Å². The average molecular weight is 278 g/mol. The van der Waals surface area contributed by atoms with Crippen LogP contribution in [0.4, 0.5) is 0 Å². The number of hydrogen-bond donors (Lipinski definition) is 2. The Bertz CT molecular complexity index is 189. The molecule has 18 heavy (non-hydrogen) atoms. The molecule has 0 saturated carbocycles. The van der Waals surface area contributed by atoms with Gasteiger partial charge in [-0.1, -0.05) is 6.92 Å². The Morgan fingerprint density at radius 1 is 1.00 bits per heavy atom. The molecule has 0 aliphatic heterocycles. The Hall–Kier alpha value is 0.0169. The van der Waals surface area contributed by atoms with E-state index in [2.05, 4.69) is 12.2 Å². The third-order valence-electron chi connectivity index (χ3n) is 2.58. The molecule has 0 rings (SSSR count). The molecular formula is C12H30N2O3Si. The van der Waals surface area contributed by atoms with Crippen molar-refractivity contribution in [3.8, 4) is 0 Å². The normalized spacial score (nSPS) is 15.7. The minimum absolute atomic E-state index is 0.0356. The molecule has 2 atom stereocenters. The van der Waals surface area contributed by atoms with Gasteiger partial charge in [-0.2, -0.15) is 0 Å². The molecule has 0 aromatic carbocycles. The highest BCUT2D eigenvalue weighted by molar-refractivity contribution is 6.60. The zero-order valence-electron chi connectivity index (χ0n) is 12.5. The summed E-state index contributed by atoms with van der Waals surface area (Å²) in [6.45, 7) is 11.8. The summed E-state index contributed by atoms with van der Waals surface area (Å²) in [5, 5.41) is 3.33. The first-order valence-corrected chi connectivity index (χ1v) is 8.90. The van der Waals surface area contributed by atoms with Crippen molar-refractivity contribution in [1.82, 2.24) is 5.32 Å². The zero-order chi connectivity index (χ0) is 14.0. The Kier molecular flexibility index (Phi) is 9.89. The maximum absolute atomic E-state index is 5.84. The molecule has 0 amide bonds. The quantitative estimate of drug-likeness (QED) is 0.445. The lowest BCUT2D eigenvalue weighted by molar-refractivity contribution is 0.0681. The van der Waals surface area contributed by atoms with Crippen LogP contribution in [0.5, 0.6) is 0 Å². The first kappa shape index (κ1) is 18.0. The molecule has 0 radical (unpaired) electrons. The van der Waals surface area contributed by atoms with Gasteiger partial charge in [0.05, 0.1) is 6.17 Å². The molecule has 0 aliphatic rings. The van der Waals surface area contributed by atoms with Gasteiger partial charge < -0.3 is 19.0 Å². The van der Waals surface area contributed by atoms with Gasteiger partial charge in [-0.05, 0) is 34.1 Å². The number of rotatable bonds is 11. The van der Waals surface area contributed by atoms with Crippen molar-refractivity contribution in [1.29, 1.82) is 0 Å². The van der Waals surface area contributed by atoms with Crippen LogP contribution in [0.3, 0.4) is 0 Å². The first-order valence-electron chi connectivity index (χ1n) is 6.96. The highest BCUT2D eigenvalue weighted by atomic mass is 28.4. The second-order valence-corrected chi connectivity index (χ2v) is 6.89. The summed E-state index contributed by atoms with van der Waals surface area (Å²) < 4.78 is 17.5. The van der Waals surface area contributed by atoms with Gasteiger partial charge in [-0.15, -0.1) is 0 Å². The van der Waals surface area contributed by atoms with E-state index >= 15 is 0 Å². The molecule has 110 valence electrons.